The molecule has 0 spiro atoms. The number of hydrogen-bond acceptors (Lipinski definition) is 4. The van der Waals surface area contributed by atoms with Crippen LogP contribution in [0, 0.1) is 0 Å². The van der Waals surface area contributed by atoms with Crippen LogP contribution >= 0.6 is 23.3 Å². The van der Waals surface area contributed by atoms with Crippen molar-refractivity contribution in [3.05, 3.63) is 88.9 Å². The Morgan fingerprint density at radius 1 is 1.19 bits per heavy atom. The second kappa shape index (κ2) is 11.7. The lowest BCUT2D eigenvalue weighted by Crippen LogP contribution is -2.15. The molecule has 0 radical (unpaired) electrons. The minimum atomic E-state index is 0. The van der Waals surface area contributed by atoms with E-state index < -0.39 is 0 Å². The SMILES string of the molecule is C=Cc1cccc(CCC(NSc2ccccc2)c2nccs2)c1.CC.[HH]. The summed E-state index contributed by atoms with van der Waals surface area (Å²) in [4.78, 5) is 5.72. The summed E-state index contributed by atoms with van der Waals surface area (Å²) in [5.41, 5.74) is 2.50. The van der Waals surface area contributed by atoms with E-state index >= 15 is 0 Å². The van der Waals surface area contributed by atoms with Gasteiger partial charge in [0.2, 0.25) is 0 Å². The first-order valence-corrected chi connectivity index (χ1v) is 10.6. The van der Waals surface area contributed by atoms with Crippen LogP contribution in [0.1, 0.15) is 43.9 Å². The summed E-state index contributed by atoms with van der Waals surface area (Å²) in [5, 5.41) is 3.17. The molecule has 1 N–H and O–H groups in total. The van der Waals surface area contributed by atoms with E-state index in [1.165, 1.54) is 16.0 Å². The summed E-state index contributed by atoms with van der Waals surface area (Å²) in [7, 11) is 0. The third-order valence-electron chi connectivity index (χ3n) is 3.72. The van der Waals surface area contributed by atoms with E-state index in [1.54, 1.807) is 23.3 Å². The number of nitrogens with one attached hydrogen (secondary N) is 1. The van der Waals surface area contributed by atoms with Gasteiger partial charge in [-0.05, 0) is 48.0 Å². The van der Waals surface area contributed by atoms with E-state index in [4.69, 9.17) is 0 Å². The topological polar surface area (TPSA) is 24.9 Å². The molecule has 26 heavy (non-hydrogen) atoms. The molecule has 0 aliphatic carbocycles. The van der Waals surface area contributed by atoms with Crippen LogP contribution in [0.25, 0.3) is 6.08 Å². The average molecular weight is 385 g/mol. The number of rotatable bonds is 8. The molecule has 0 aliphatic rings. The smallest absolute Gasteiger partial charge is 0.110 e. The third kappa shape index (κ3) is 6.45. The van der Waals surface area contributed by atoms with Crippen molar-refractivity contribution in [2.75, 3.05) is 0 Å². The van der Waals surface area contributed by atoms with E-state index in [0.717, 1.165) is 17.8 Å². The van der Waals surface area contributed by atoms with Crippen molar-refractivity contribution >= 4 is 29.4 Å². The first-order valence-electron chi connectivity index (χ1n) is 8.93. The van der Waals surface area contributed by atoms with Crippen molar-refractivity contribution in [1.82, 2.24) is 9.71 Å². The minimum absolute atomic E-state index is 0. The van der Waals surface area contributed by atoms with Gasteiger partial charge in [0.15, 0.2) is 0 Å². The minimum Gasteiger partial charge on any atom is -0.250 e. The summed E-state index contributed by atoms with van der Waals surface area (Å²) in [5.74, 6) is 0. The first kappa shape index (κ1) is 20.4. The molecule has 1 atom stereocenters. The summed E-state index contributed by atoms with van der Waals surface area (Å²) in [6.07, 6.45) is 5.79. The zero-order valence-corrected chi connectivity index (χ0v) is 17.0. The summed E-state index contributed by atoms with van der Waals surface area (Å²) >= 11 is 3.38. The Morgan fingerprint density at radius 3 is 2.69 bits per heavy atom. The van der Waals surface area contributed by atoms with Gasteiger partial charge < -0.3 is 0 Å². The van der Waals surface area contributed by atoms with Crippen LogP contribution in [0.2, 0.25) is 0 Å². The Kier molecular flexibility index (Phi) is 9.18. The maximum Gasteiger partial charge on any atom is 0.110 e. The van der Waals surface area contributed by atoms with Gasteiger partial charge in [-0.2, -0.15) is 0 Å². The Bertz CT molecular complexity index is 761. The predicted octanol–water partition coefficient (Wildman–Crippen LogP) is 7.03. The predicted molar refractivity (Wildman–Crippen MR) is 119 cm³/mol. The molecular formula is C22H28N2S2. The summed E-state index contributed by atoms with van der Waals surface area (Å²) in [6, 6.07) is 19.2. The maximum absolute atomic E-state index is 4.50. The highest BCUT2D eigenvalue weighted by Crippen LogP contribution is 2.26. The van der Waals surface area contributed by atoms with E-state index in [0.29, 0.717) is 0 Å². The van der Waals surface area contributed by atoms with Gasteiger partial charge in [0.05, 0.1) is 6.04 Å². The van der Waals surface area contributed by atoms with E-state index in [1.807, 2.05) is 37.6 Å². The largest absolute Gasteiger partial charge is 0.250 e. The lowest BCUT2D eigenvalue weighted by atomic mass is 10.0. The van der Waals surface area contributed by atoms with Crippen molar-refractivity contribution in [2.45, 2.75) is 37.6 Å². The van der Waals surface area contributed by atoms with E-state index in [9.17, 15) is 0 Å². The Hall–Kier alpha value is -1.88. The van der Waals surface area contributed by atoms with Crippen molar-refractivity contribution in [3.63, 3.8) is 0 Å². The summed E-state index contributed by atoms with van der Waals surface area (Å²) < 4.78 is 3.58. The van der Waals surface area contributed by atoms with Gasteiger partial charge in [-0.3, -0.25) is 0 Å². The molecule has 1 aromatic heterocycles. The molecule has 0 fully saturated rings. The lowest BCUT2D eigenvalue weighted by Gasteiger charge is -2.16. The van der Waals surface area contributed by atoms with Crippen LogP contribution in [-0.2, 0) is 6.42 Å². The molecule has 4 heteroatoms. The van der Waals surface area contributed by atoms with Gasteiger partial charge in [0.25, 0.3) is 0 Å². The monoisotopic (exact) mass is 384 g/mol. The van der Waals surface area contributed by atoms with Crippen molar-refractivity contribution in [3.8, 4) is 0 Å². The Labute approximate surface area is 167 Å². The van der Waals surface area contributed by atoms with Crippen LogP contribution in [0.4, 0.5) is 0 Å². The molecule has 1 unspecified atom stereocenters. The fraction of sp³-hybridized carbons (Fsp3) is 0.227. The van der Waals surface area contributed by atoms with E-state index in [2.05, 4.69) is 64.8 Å². The van der Waals surface area contributed by atoms with Crippen molar-refractivity contribution in [1.29, 1.82) is 0 Å². The van der Waals surface area contributed by atoms with Gasteiger partial charge in [-0.25, -0.2) is 9.71 Å². The number of aryl methyl sites for hydroxylation is 1. The number of thiazole rings is 1. The normalized spacial score (nSPS) is 11.3. The van der Waals surface area contributed by atoms with Crippen LogP contribution in [0.3, 0.4) is 0 Å². The van der Waals surface area contributed by atoms with Crippen molar-refractivity contribution < 1.29 is 1.43 Å². The molecule has 0 aliphatic heterocycles. The van der Waals surface area contributed by atoms with Crippen LogP contribution < -0.4 is 4.72 Å². The highest BCUT2D eigenvalue weighted by Gasteiger charge is 2.14. The molecule has 0 saturated carbocycles. The Balaban J connectivity index is 0.00000118. The first-order chi connectivity index (χ1) is 12.8. The molecule has 0 saturated heterocycles. The van der Waals surface area contributed by atoms with Gasteiger partial charge >= 0.3 is 0 Å². The fourth-order valence-electron chi connectivity index (χ4n) is 2.45. The maximum atomic E-state index is 4.50. The highest BCUT2D eigenvalue weighted by molar-refractivity contribution is 7.97. The average Bonchev–Trinajstić information content (AvgIpc) is 3.25. The summed E-state index contributed by atoms with van der Waals surface area (Å²) in [6.45, 7) is 7.85. The van der Waals surface area contributed by atoms with Crippen LogP contribution in [-0.4, -0.2) is 4.98 Å². The second-order valence-electron chi connectivity index (χ2n) is 5.44. The van der Waals surface area contributed by atoms with Crippen LogP contribution in [0.5, 0.6) is 0 Å². The van der Waals surface area contributed by atoms with Gasteiger partial charge in [-0.15, -0.1) is 11.3 Å². The Morgan fingerprint density at radius 2 is 2.00 bits per heavy atom. The number of hydrogen-bond donors (Lipinski definition) is 1. The second-order valence-corrected chi connectivity index (χ2v) is 7.28. The lowest BCUT2D eigenvalue weighted by molar-refractivity contribution is 0.609. The molecule has 0 amide bonds. The quantitative estimate of drug-likeness (QED) is 0.422. The molecule has 1 heterocycles. The zero-order valence-electron chi connectivity index (χ0n) is 15.4. The van der Waals surface area contributed by atoms with Gasteiger partial charge in [0.1, 0.15) is 5.01 Å². The number of aromatic nitrogens is 1. The molecule has 3 aromatic rings. The zero-order chi connectivity index (χ0) is 18.6. The molecule has 2 aromatic carbocycles. The number of nitrogens with zero attached hydrogens (tertiary/aromatic N) is 1. The third-order valence-corrected chi connectivity index (χ3v) is 5.52. The molecule has 0 bridgehead atoms. The van der Waals surface area contributed by atoms with Crippen molar-refractivity contribution in [2.24, 2.45) is 0 Å². The van der Waals surface area contributed by atoms with Gasteiger partial charge in [0, 0.05) is 17.9 Å². The standard InChI is InChI=1S/C20H20N2S2.C2H6.H2/c1-2-16-7-6-8-17(15-16)11-12-19(20-21-13-14-23-20)22-24-18-9-4-3-5-10-18;1-2;/h2-10,13-15,19,22H,1,11-12H2;1-2H3;1H. The molecule has 138 valence electrons. The molecule has 3 rings (SSSR count). The van der Waals surface area contributed by atoms with E-state index in [-0.39, 0.29) is 7.47 Å². The fourth-order valence-corrected chi connectivity index (χ4v) is 4.05. The molecular weight excluding hydrogens is 356 g/mol. The van der Waals surface area contributed by atoms with Crippen LogP contribution in [0.15, 0.2) is 77.6 Å². The molecule has 2 nitrogen and oxygen atoms in total. The number of benzene rings is 2. The highest BCUT2D eigenvalue weighted by atomic mass is 32.2. The van der Waals surface area contributed by atoms with Gasteiger partial charge in [-0.1, -0.05) is 69.0 Å².